The van der Waals surface area contributed by atoms with Gasteiger partial charge in [-0.1, -0.05) is 201 Å². The van der Waals surface area contributed by atoms with Crippen LogP contribution in [0.25, 0.3) is 0 Å². The van der Waals surface area contributed by atoms with Crippen LogP contribution < -0.4 is 0 Å². The summed E-state index contributed by atoms with van der Waals surface area (Å²) in [5.74, 6) is -1.000. The first-order valence-corrected chi connectivity index (χ1v) is 25.4. The molecule has 0 amide bonds. The second kappa shape index (κ2) is 50.7. The predicted octanol–water partition coefficient (Wildman–Crippen LogP) is 16.8. The normalized spacial score (nSPS) is 13.0. The van der Waals surface area contributed by atoms with Gasteiger partial charge in [-0.15, -0.1) is 0 Å². The van der Waals surface area contributed by atoms with Crippen LogP contribution >= 0.6 is 0 Å². The van der Waals surface area contributed by atoms with Gasteiger partial charge in [-0.05, 0) is 103 Å². The zero-order chi connectivity index (χ0) is 45.8. The molecule has 0 aromatic heterocycles. The fourth-order valence-corrected chi connectivity index (χ4v) is 6.53. The van der Waals surface area contributed by atoms with Crippen molar-refractivity contribution < 1.29 is 28.6 Å². The van der Waals surface area contributed by atoms with Gasteiger partial charge in [0, 0.05) is 19.3 Å². The molecule has 0 aromatic carbocycles. The summed E-state index contributed by atoms with van der Waals surface area (Å²) in [4.78, 5) is 37.9. The minimum absolute atomic E-state index is 0.110. The highest BCUT2D eigenvalue weighted by molar-refractivity contribution is 5.71. The van der Waals surface area contributed by atoms with E-state index in [1.54, 1.807) is 0 Å². The number of unbranched alkanes of at least 4 members (excludes halogenated alkanes) is 17. The van der Waals surface area contributed by atoms with Gasteiger partial charge in [-0.3, -0.25) is 14.4 Å². The Morgan fingerprint density at radius 3 is 1.22 bits per heavy atom. The van der Waals surface area contributed by atoms with Gasteiger partial charge in [0.2, 0.25) is 0 Å². The number of esters is 3. The lowest BCUT2D eigenvalue weighted by Gasteiger charge is -2.18. The summed E-state index contributed by atoms with van der Waals surface area (Å²) in [6, 6.07) is 0. The third-order valence-electron chi connectivity index (χ3n) is 10.3. The van der Waals surface area contributed by atoms with Crippen molar-refractivity contribution in [1.82, 2.24) is 0 Å². The highest BCUT2D eigenvalue weighted by atomic mass is 16.6. The average Bonchev–Trinajstić information content (AvgIpc) is 3.28. The second-order valence-electron chi connectivity index (χ2n) is 16.4. The lowest BCUT2D eigenvalue weighted by molar-refractivity contribution is -0.167. The Morgan fingerprint density at radius 2 is 0.714 bits per heavy atom. The number of allylic oxidation sites excluding steroid dienone is 18. The first-order chi connectivity index (χ1) is 31.0. The van der Waals surface area contributed by atoms with E-state index in [-0.39, 0.29) is 37.5 Å². The summed E-state index contributed by atoms with van der Waals surface area (Å²) in [5.41, 5.74) is 0. The minimum atomic E-state index is -0.813. The number of ether oxygens (including phenoxy) is 3. The van der Waals surface area contributed by atoms with Crippen LogP contribution in [0.5, 0.6) is 0 Å². The number of carbonyl (C=O) groups is 3. The van der Waals surface area contributed by atoms with E-state index in [0.717, 1.165) is 103 Å². The molecule has 0 aromatic rings. The van der Waals surface area contributed by atoms with Gasteiger partial charge < -0.3 is 14.2 Å². The van der Waals surface area contributed by atoms with E-state index in [1.165, 1.54) is 64.2 Å². The Hall–Kier alpha value is -3.93. The molecular formula is C57H92O6. The van der Waals surface area contributed by atoms with Crippen molar-refractivity contribution in [2.45, 2.75) is 219 Å². The fraction of sp³-hybridized carbons (Fsp3) is 0.632. The topological polar surface area (TPSA) is 78.9 Å². The van der Waals surface area contributed by atoms with Crippen LogP contribution in [0, 0.1) is 0 Å². The first-order valence-electron chi connectivity index (χ1n) is 25.4. The van der Waals surface area contributed by atoms with E-state index in [4.69, 9.17) is 14.2 Å². The molecule has 0 rings (SSSR count). The number of hydrogen-bond acceptors (Lipinski definition) is 6. The molecule has 0 radical (unpaired) electrons. The summed E-state index contributed by atoms with van der Waals surface area (Å²) in [7, 11) is 0. The van der Waals surface area contributed by atoms with Crippen molar-refractivity contribution in [2.75, 3.05) is 13.2 Å². The van der Waals surface area contributed by atoms with Crippen molar-refractivity contribution in [2.24, 2.45) is 0 Å². The van der Waals surface area contributed by atoms with Crippen LogP contribution in [-0.2, 0) is 28.6 Å². The van der Waals surface area contributed by atoms with Gasteiger partial charge in [-0.2, -0.15) is 0 Å². The van der Waals surface area contributed by atoms with Gasteiger partial charge in [0.25, 0.3) is 0 Å². The molecule has 0 aliphatic heterocycles. The van der Waals surface area contributed by atoms with Crippen LogP contribution in [0.4, 0.5) is 0 Å². The molecule has 6 heteroatoms. The van der Waals surface area contributed by atoms with E-state index < -0.39 is 6.10 Å². The maximum absolute atomic E-state index is 12.8. The third-order valence-corrected chi connectivity index (χ3v) is 10.3. The van der Waals surface area contributed by atoms with Gasteiger partial charge >= 0.3 is 17.9 Å². The Morgan fingerprint density at radius 1 is 0.349 bits per heavy atom. The van der Waals surface area contributed by atoms with Gasteiger partial charge in [0.15, 0.2) is 6.10 Å². The molecule has 1 atom stereocenters. The molecule has 0 aliphatic rings. The van der Waals surface area contributed by atoms with E-state index in [9.17, 15) is 14.4 Å². The van der Waals surface area contributed by atoms with Gasteiger partial charge in [0.05, 0.1) is 0 Å². The van der Waals surface area contributed by atoms with Crippen molar-refractivity contribution in [1.29, 1.82) is 0 Å². The first kappa shape index (κ1) is 59.1. The van der Waals surface area contributed by atoms with Crippen molar-refractivity contribution in [3.05, 3.63) is 109 Å². The van der Waals surface area contributed by atoms with Gasteiger partial charge in [0.1, 0.15) is 13.2 Å². The van der Waals surface area contributed by atoms with E-state index in [1.807, 2.05) is 0 Å². The molecule has 63 heavy (non-hydrogen) atoms. The highest BCUT2D eigenvalue weighted by Crippen LogP contribution is 2.13. The van der Waals surface area contributed by atoms with E-state index >= 15 is 0 Å². The van der Waals surface area contributed by atoms with Crippen molar-refractivity contribution in [3.8, 4) is 0 Å². The zero-order valence-corrected chi connectivity index (χ0v) is 40.5. The Balaban J connectivity index is 4.52. The molecule has 0 spiro atoms. The van der Waals surface area contributed by atoms with Crippen molar-refractivity contribution >= 4 is 17.9 Å². The van der Waals surface area contributed by atoms with E-state index in [2.05, 4.69) is 130 Å². The van der Waals surface area contributed by atoms with Crippen LogP contribution in [-0.4, -0.2) is 37.2 Å². The lowest BCUT2D eigenvalue weighted by Crippen LogP contribution is -2.30. The van der Waals surface area contributed by atoms with Crippen LogP contribution in [0.3, 0.4) is 0 Å². The summed E-state index contributed by atoms with van der Waals surface area (Å²) in [6.45, 7) is 6.29. The quantitative estimate of drug-likeness (QED) is 0.0199. The maximum atomic E-state index is 12.8. The summed E-state index contributed by atoms with van der Waals surface area (Å²) in [6.07, 6.45) is 67.9. The lowest BCUT2D eigenvalue weighted by atomic mass is 10.1. The highest BCUT2D eigenvalue weighted by Gasteiger charge is 2.19. The number of rotatable bonds is 44. The third kappa shape index (κ3) is 49.0. The summed E-state index contributed by atoms with van der Waals surface area (Å²) in [5, 5.41) is 0. The maximum Gasteiger partial charge on any atom is 0.306 e. The van der Waals surface area contributed by atoms with Gasteiger partial charge in [-0.25, -0.2) is 0 Å². The zero-order valence-electron chi connectivity index (χ0n) is 40.5. The summed E-state index contributed by atoms with van der Waals surface area (Å²) >= 11 is 0. The molecule has 0 heterocycles. The Labute approximate surface area is 387 Å². The van der Waals surface area contributed by atoms with Crippen LogP contribution in [0.15, 0.2) is 109 Å². The monoisotopic (exact) mass is 873 g/mol. The molecular weight excluding hydrogens is 781 g/mol. The summed E-state index contributed by atoms with van der Waals surface area (Å²) < 4.78 is 16.7. The van der Waals surface area contributed by atoms with Crippen LogP contribution in [0.2, 0.25) is 0 Å². The van der Waals surface area contributed by atoms with E-state index in [0.29, 0.717) is 19.3 Å². The molecule has 0 fully saturated rings. The molecule has 0 saturated carbocycles. The van der Waals surface area contributed by atoms with Crippen molar-refractivity contribution in [3.63, 3.8) is 0 Å². The largest absolute Gasteiger partial charge is 0.462 e. The Kier molecular flexibility index (Phi) is 47.5. The predicted molar refractivity (Wildman–Crippen MR) is 270 cm³/mol. The second-order valence-corrected chi connectivity index (χ2v) is 16.4. The molecule has 0 saturated heterocycles. The SMILES string of the molecule is CC/C=C/C=C/C=C/CCCCCCCC(=O)OCC(COC(=O)CCC/C=C/C/C=C/C/C=C/C/C=C/C/C=C/CC)OC(=O)CCCCCCCCC/C=C/CCCCCC. The smallest absolute Gasteiger partial charge is 0.306 e. The molecule has 1 unspecified atom stereocenters. The average molecular weight is 873 g/mol. The Bertz CT molecular complexity index is 1330. The molecule has 356 valence electrons. The molecule has 0 bridgehead atoms. The molecule has 0 aliphatic carbocycles. The minimum Gasteiger partial charge on any atom is -0.462 e. The fourth-order valence-electron chi connectivity index (χ4n) is 6.53. The number of carbonyl (C=O) groups excluding carboxylic acids is 3. The van der Waals surface area contributed by atoms with Crippen LogP contribution in [0.1, 0.15) is 213 Å². The number of hydrogen-bond donors (Lipinski definition) is 0. The standard InChI is InChI=1S/C57H92O6/c1-4-7-10-13-16-19-22-25-27-28-30-32-35-38-41-44-47-50-56(59)62-53-54(52-61-55(58)49-46-43-40-37-34-31-24-21-18-15-12-9-6-3)63-57(60)51-48-45-42-39-36-33-29-26-23-20-17-14-11-8-5-2/h7,9-10,12,15-16,18-21,23-25,27,30,32,38,41,54H,4-6,8,11,13-14,17,22,26,28-29,31,33-37,39-40,42-53H2,1-3H3/b10-7+,12-9+,18-15+,19-16+,23-20+,24-21+,27-25+,32-30+,41-38+. The molecule has 6 nitrogen and oxygen atoms in total. The molecule has 0 N–H and O–H groups in total.